The van der Waals surface area contributed by atoms with Crippen LogP contribution in [0.25, 0.3) is 0 Å². The summed E-state index contributed by atoms with van der Waals surface area (Å²) >= 11 is 0. The number of nitrogens with zero attached hydrogens (tertiary/aromatic N) is 1. The number of aliphatic hydroxyl groups excluding tert-OH is 1. The molecule has 2 nitrogen and oxygen atoms in total. The number of hydrogen-bond donors (Lipinski definition) is 1. The zero-order chi connectivity index (χ0) is 11.3. The van der Waals surface area contributed by atoms with Gasteiger partial charge in [-0.25, -0.2) is 0 Å². The Balaban J connectivity index is 2.55. The molecule has 0 unspecified atom stereocenters. The molecule has 2 atom stereocenters. The quantitative estimate of drug-likeness (QED) is 0.758. The van der Waals surface area contributed by atoms with Crippen molar-refractivity contribution < 1.29 is 5.11 Å². The minimum Gasteiger partial charge on any atom is -0.396 e. The van der Waals surface area contributed by atoms with Gasteiger partial charge in [0.25, 0.3) is 0 Å². The summed E-state index contributed by atoms with van der Waals surface area (Å²) in [5, 5.41) is 8.96. The second-order valence-corrected chi connectivity index (χ2v) is 5.23. The average molecular weight is 213 g/mol. The minimum absolute atomic E-state index is 0.351. The first kappa shape index (κ1) is 13.0. The normalized spacial score (nSPS) is 33.2. The molecule has 1 aliphatic heterocycles. The third kappa shape index (κ3) is 3.18. The van der Waals surface area contributed by atoms with Gasteiger partial charge in [-0.1, -0.05) is 27.2 Å². The number of aliphatic hydroxyl groups is 1. The fourth-order valence-electron chi connectivity index (χ4n) is 2.96. The van der Waals surface area contributed by atoms with Crippen LogP contribution < -0.4 is 0 Å². The van der Waals surface area contributed by atoms with E-state index < -0.39 is 0 Å². The van der Waals surface area contributed by atoms with Crippen LogP contribution in [0.4, 0.5) is 0 Å². The van der Waals surface area contributed by atoms with E-state index in [0.717, 1.165) is 12.3 Å². The van der Waals surface area contributed by atoms with Crippen LogP contribution in [0.2, 0.25) is 0 Å². The molecule has 1 aliphatic rings. The molecule has 0 saturated carbocycles. The van der Waals surface area contributed by atoms with E-state index in [0.29, 0.717) is 12.0 Å². The van der Waals surface area contributed by atoms with Crippen molar-refractivity contribution in [3.63, 3.8) is 0 Å². The summed E-state index contributed by atoms with van der Waals surface area (Å²) in [6, 6.07) is 0. The van der Waals surface area contributed by atoms with Crippen LogP contribution in [0, 0.1) is 11.3 Å². The van der Waals surface area contributed by atoms with Gasteiger partial charge in [-0.3, -0.25) is 0 Å². The Bertz CT molecular complexity index is 183. The van der Waals surface area contributed by atoms with E-state index in [1.807, 2.05) is 0 Å². The Morgan fingerprint density at radius 3 is 2.67 bits per heavy atom. The molecule has 1 heterocycles. The second kappa shape index (κ2) is 5.86. The lowest BCUT2D eigenvalue weighted by Gasteiger charge is -2.46. The van der Waals surface area contributed by atoms with Crippen molar-refractivity contribution in [2.24, 2.45) is 11.3 Å². The Labute approximate surface area is 94.7 Å². The predicted octanol–water partition coefficient (Wildman–Crippen LogP) is 2.52. The van der Waals surface area contributed by atoms with Crippen LogP contribution in [0.5, 0.6) is 0 Å². The fourth-order valence-corrected chi connectivity index (χ4v) is 2.96. The Hall–Kier alpha value is -0.0800. The summed E-state index contributed by atoms with van der Waals surface area (Å²) in [6.45, 7) is 11.0. The molecule has 0 aliphatic carbocycles. The first-order valence-electron chi connectivity index (χ1n) is 6.49. The van der Waals surface area contributed by atoms with Crippen molar-refractivity contribution in [2.45, 2.75) is 46.5 Å². The third-order valence-electron chi connectivity index (χ3n) is 4.31. The molecule has 1 saturated heterocycles. The van der Waals surface area contributed by atoms with Gasteiger partial charge >= 0.3 is 0 Å². The number of piperidine rings is 1. The lowest BCUT2D eigenvalue weighted by molar-refractivity contribution is 0.0345. The molecule has 1 rings (SSSR count). The Kier molecular flexibility index (Phi) is 5.07. The SMILES string of the molecule is CC[C@@H]1CN(CC)CC[C@@]1(C)CCCO. The highest BCUT2D eigenvalue weighted by molar-refractivity contribution is 4.88. The van der Waals surface area contributed by atoms with Gasteiger partial charge in [-0.05, 0) is 43.7 Å². The number of rotatable bonds is 5. The van der Waals surface area contributed by atoms with Gasteiger partial charge in [-0.2, -0.15) is 0 Å². The average Bonchev–Trinajstić information content (AvgIpc) is 2.27. The van der Waals surface area contributed by atoms with Gasteiger partial charge in [-0.15, -0.1) is 0 Å². The van der Waals surface area contributed by atoms with E-state index >= 15 is 0 Å². The summed E-state index contributed by atoms with van der Waals surface area (Å²) in [5.41, 5.74) is 0.475. The standard InChI is InChI=1S/C13H27NO/c1-4-12-11-14(5-2)9-8-13(12,3)7-6-10-15/h12,15H,4-11H2,1-3H3/t12-,13-/m1/s1. The summed E-state index contributed by atoms with van der Waals surface area (Å²) in [5.74, 6) is 0.817. The van der Waals surface area contributed by atoms with Crippen LogP contribution in [0.1, 0.15) is 46.5 Å². The van der Waals surface area contributed by atoms with Gasteiger partial charge in [0.2, 0.25) is 0 Å². The summed E-state index contributed by atoms with van der Waals surface area (Å²) in [6.07, 6.45) is 4.75. The molecule has 15 heavy (non-hydrogen) atoms. The van der Waals surface area contributed by atoms with Crippen LogP contribution in [0.15, 0.2) is 0 Å². The van der Waals surface area contributed by atoms with Crippen LogP contribution >= 0.6 is 0 Å². The molecule has 0 aromatic rings. The molecule has 1 N–H and O–H groups in total. The highest BCUT2D eigenvalue weighted by Crippen LogP contribution is 2.41. The minimum atomic E-state index is 0.351. The lowest BCUT2D eigenvalue weighted by atomic mass is 9.68. The van der Waals surface area contributed by atoms with E-state index in [4.69, 9.17) is 5.11 Å². The largest absolute Gasteiger partial charge is 0.396 e. The smallest absolute Gasteiger partial charge is 0.0431 e. The zero-order valence-corrected chi connectivity index (χ0v) is 10.6. The van der Waals surface area contributed by atoms with Crippen molar-refractivity contribution in [1.82, 2.24) is 4.90 Å². The first-order chi connectivity index (χ1) is 7.16. The van der Waals surface area contributed by atoms with Crippen LogP contribution in [-0.2, 0) is 0 Å². The maximum absolute atomic E-state index is 8.96. The highest BCUT2D eigenvalue weighted by Gasteiger charge is 2.36. The van der Waals surface area contributed by atoms with Crippen molar-refractivity contribution >= 4 is 0 Å². The topological polar surface area (TPSA) is 23.5 Å². The molecule has 0 radical (unpaired) electrons. The van der Waals surface area contributed by atoms with Gasteiger partial charge in [0.1, 0.15) is 0 Å². The molecule has 0 bridgehead atoms. The third-order valence-corrected chi connectivity index (χ3v) is 4.31. The monoisotopic (exact) mass is 213 g/mol. The van der Waals surface area contributed by atoms with E-state index in [1.165, 1.54) is 38.9 Å². The van der Waals surface area contributed by atoms with Crippen molar-refractivity contribution in [1.29, 1.82) is 0 Å². The summed E-state index contributed by atoms with van der Waals surface area (Å²) in [4.78, 5) is 2.56. The zero-order valence-electron chi connectivity index (χ0n) is 10.6. The predicted molar refractivity (Wildman–Crippen MR) is 64.9 cm³/mol. The Morgan fingerprint density at radius 1 is 1.40 bits per heavy atom. The van der Waals surface area contributed by atoms with Crippen LogP contribution in [0.3, 0.4) is 0 Å². The van der Waals surface area contributed by atoms with E-state index in [1.54, 1.807) is 0 Å². The maximum atomic E-state index is 8.96. The van der Waals surface area contributed by atoms with Gasteiger partial charge < -0.3 is 10.0 Å². The molecule has 0 aromatic carbocycles. The molecule has 0 aromatic heterocycles. The van der Waals surface area contributed by atoms with Gasteiger partial charge in [0, 0.05) is 13.2 Å². The number of likely N-dealkylation sites (tertiary alicyclic amines) is 1. The number of hydrogen-bond acceptors (Lipinski definition) is 2. The van der Waals surface area contributed by atoms with Crippen LogP contribution in [-0.4, -0.2) is 36.2 Å². The first-order valence-corrected chi connectivity index (χ1v) is 6.49. The highest BCUT2D eigenvalue weighted by atomic mass is 16.2. The van der Waals surface area contributed by atoms with Gasteiger partial charge in [0.05, 0.1) is 0 Å². The second-order valence-electron chi connectivity index (χ2n) is 5.23. The molecular formula is C13H27NO. The van der Waals surface area contributed by atoms with Crippen molar-refractivity contribution in [2.75, 3.05) is 26.2 Å². The van der Waals surface area contributed by atoms with Crippen molar-refractivity contribution in [3.05, 3.63) is 0 Å². The van der Waals surface area contributed by atoms with E-state index in [-0.39, 0.29) is 0 Å². The summed E-state index contributed by atoms with van der Waals surface area (Å²) < 4.78 is 0. The molecule has 1 fully saturated rings. The fraction of sp³-hybridized carbons (Fsp3) is 1.00. The Morgan fingerprint density at radius 2 is 2.13 bits per heavy atom. The van der Waals surface area contributed by atoms with E-state index in [9.17, 15) is 0 Å². The summed E-state index contributed by atoms with van der Waals surface area (Å²) in [7, 11) is 0. The lowest BCUT2D eigenvalue weighted by Crippen LogP contribution is -2.45. The van der Waals surface area contributed by atoms with Gasteiger partial charge in [0.15, 0.2) is 0 Å². The molecule has 0 amide bonds. The molecule has 2 heteroatoms. The van der Waals surface area contributed by atoms with Crippen molar-refractivity contribution in [3.8, 4) is 0 Å². The molecule has 90 valence electrons. The molecule has 0 spiro atoms. The maximum Gasteiger partial charge on any atom is 0.0431 e. The molecular weight excluding hydrogens is 186 g/mol. The van der Waals surface area contributed by atoms with E-state index in [2.05, 4.69) is 25.7 Å².